The van der Waals surface area contributed by atoms with Crippen LogP contribution in [0.2, 0.25) is 0 Å². The lowest BCUT2D eigenvalue weighted by Gasteiger charge is -1.93. The van der Waals surface area contributed by atoms with E-state index in [1.165, 1.54) is 12.1 Å². The average Bonchev–Trinajstić information content (AvgIpc) is 2.34. The van der Waals surface area contributed by atoms with Crippen molar-refractivity contribution in [3.63, 3.8) is 0 Å². The minimum Gasteiger partial charge on any atom is -0.333 e. The van der Waals surface area contributed by atoms with Crippen molar-refractivity contribution < 1.29 is 18.6 Å². The first-order valence-corrected chi connectivity index (χ1v) is 2.95. The molecule has 1 radical (unpaired) electrons. The topological polar surface area (TPSA) is 18.5 Å². The Morgan fingerprint density at radius 1 is 1.09 bits per heavy atom. The Morgan fingerprint density at radius 2 is 1.91 bits per heavy atom. The van der Waals surface area contributed by atoms with E-state index in [-0.39, 0.29) is 11.3 Å². The molecule has 0 atom stereocenters. The van der Waals surface area contributed by atoms with Gasteiger partial charge in [-0.25, -0.2) is 4.39 Å². The second kappa shape index (κ2) is 2.17. The maximum Gasteiger partial charge on any atom is 0.349 e. The Labute approximate surface area is 61.3 Å². The molecule has 0 saturated heterocycles. The average molecular weight is 157 g/mol. The van der Waals surface area contributed by atoms with E-state index in [1.54, 1.807) is 0 Å². The number of hydrogen-bond acceptors (Lipinski definition) is 2. The summed E-state index contributed by atoms with van der Waals surface area (Å²) in [6.45, 7) is 0. The van der Waals surface area contributed by atoms with Crippen molar-refractivity contribution in [2.45, 2.75) is 0 Å². The third kappa shape index (κ3) is 0.867. The summed E-state index contributed by atoms with van der Waals surface area (Å²) in [5.74, 6) is -0.611. The molecule has 1 aliphatic heterocycles. The van der Waals surface area contributed by atoms with Gasteiger partial charge in [0.1, 0.15) is 11.4 Å². The van der Waals surface area contributed by atoms with Crippen LogP contribution < -0.4 is 4.89 Å². The highest BCUT2D eigenvalue weighted by atomic mass is 19.2. The molecule has 1 aromatic rings. The lowest BCUT2D eigenvalue weighted by Crippen LogP contribution is -1.91. The third-order valence-electron chi connectivity index (χ3n) is 1.38. The van der Waals surface area contributed by atoms with Gasteiger partial charge in [-0.3, -0.25) is 0 Å². The summed E-state index contributed by atoms with van der Waals surface area (Å²) in [5, 5.41) is 0. The first-order chi connectivity index (χ1) is 5.29. The van der Waals surface area contributed by atoms with E-state index in [2.05, 4.69) is 9.78 Å². The molecule has 1 aromatic carbocycles. The second-order valence-electron chi connectivity index (χ2n) is 2.05. The molecular weight excluding hydrogens is 154 g/mol. The normalized spacial score (nSPS) is 16.2. The molecule has 0 aliphatic carbocycles. The SMILES string of the molecule is F[C]1OOc2cccc(F)c21. The lowest BCUT2D eigenvalue weighted by molar-refractivity contribution is -0.195. The maximum absolute atomic E-state index is 12.7. The Kier molecular flexibility index (Phi) is 1.29. The number of benzene rings is 1. The van der Waals surface area contributed by atoms with Gasteiger partial charge >= 0.3 is 6.36 Å². The zero-order chi connectivity index (χ0) is 7.84. The van der Waals surface area contributed by atoms with Crippen LogP contribution in [0.3, 0.4) is 0 Å². The van der Waals surface area contributed by atoms with Crippen molar-refractivity contribution in [3.05, 3.63) is 35.9 Å². The number of fused-ring (bicyclic) bond motifs is 1. The minimum absolute atomic E-state index is 0.0718. The molecule has 0 unspecified atom stereocenters. The Bertz CT molecular complexity index is 288. The lowest BCUT2D eigenvalue weighted by atomic mass is 10.2. The van der Waals surface area contributed by atoms with Crippen molar-refractivity contribution in [1.29, 1.82) is 0 Å². The number of rotatable bonds is 0. The van der Waals surface area contributed by atoms with Gasteiger partial charge in [-0.15, -0.1) is 4.89 Å². The van der Waals surface area contributed by atoms with Gasteiger partial charge < -0.3 is 4.89 Å². The summed E-state index contributed by atoms with van der Waals surface area (Å²) < 4.78 is 25.2. The quantitative estimate of drug-likeness (QED) is 0.536. The molecule has 57 valence electrons. The molecule has 0 amide bonds. The molecule has 0 fully saturated rings. The highest BCUT2D eigenvalue weighted by Gasteiger charge is 2.31. The van der Waals surface area contributed by atoms with E-state index in [0.717, 1.165) is 6.07 Å². The molecule has 0 spiro atoms. The summed E-state index contributed by atoms with van der Waals surface area (Å²) in [5.41, 5.74) is -0.243. The molecule has 1 aliphatic rings. The molecule has 0 aromatic heterocycles. The number of halogens is 2. The van der Waals surface area contributed by atoms with Gasteiger partial charge in [0, 0.05) is 0 Å². The van der Waals surface area contributed by atoms with Gasteiger partial charge in [0.15, 0.2) is 5.75 Å². The standard InChI is InChI=1S/C7H3F2O2/c8-4-2-1-3-5-6(4)7(9)11-10-5/h1-3H. The molecule has 4 heteroatoms. The van der Waals surface area contributed by atoms with E-state index in [1.807, 2.05) is 0 Å². The smallest absolute Gasteiger partial charge is 0.333 e. The molecule has 2 nitrogen and oxygen atoms in total. The van der Waals surface area contributed by atoms with Gasteiger partial charge in [0.2, 0.25) is 0 Å². The van der Waals surface area contributed by atoms with E-state index in [9.17, 15) is 8.78 Å². The van der Waals surface area contributed by atoms with E-state index >= 15 is 0 Å². The highest BCUT2D eigenvalue weighted by molar-refractivity contribution is 5.42. The van der Waals surface area contributed by atoms with Crippen molar-refractivity contribution >= 4 is 0 Å². The van der Waals surface area contributed by atoms with Crippen LogP contribution in [0.4, 0.5) is 8.78 Å². The van der Waals surface area contributed by atoms with Gasteiger partial charge in [-0.05, 0) is 12.1 Å². The van der Waals surface area contributed by atoms with Crippen LogP contribution in [0.15, 0.2) is 18.2 Å². The number of hydrogen-bond donors (Lipinski definition) is 0. The van der Waals surface area contributed by atoms with Gasteiger partial charge in [-0.1, -0.05) is 6.07 Å². The van der Waals surface area contributed by atoms with Gasteiger partial charge in [-0.2, -0.15) is 4.39 Å². The van der Waals surface area contributed by atoms with Gasteiger partial charge in [0.25, 0.3) is 0 Å². The first kappa shape index (κ1) is 6.54. The van der Waals surface area contributed by atoms with Crippen LogP contribution in [0.25, 0.3) is 0 Å². The highest BCUT2D eigenvalue weighted by Crippen LogP contribution is 2.36. The molecule has 0 bridgehead atoms. The molecule has 0 N–H and O–H groups in total. The first-order valence-electron chi connectivity index (χ1n) is 2.95. The fourth-order valence-electron chi connectivity index (χ4n) is 0.888. The Balaban J connectivity index is 2.58. The molecule has 11 heavy (non-hydrogen) atoms. The van der Waals surface area contributed by atoms with Crippen molar-refractivity contribution in [2.75, 3.05) is 0 Å². The van der Waals surface area contributed by atoms with Gasteiger partial charge in [0.05, 0.1) is 0 Å². The van der Waals surface area contributed by atoms with Crippen molar-refractivity contribution in [1.82, 2.24) is 0 Å². The van der Waals surface area contributed by atoms with E-state index in [0.29, 0.717) is 0 Å². The maximum atomic E-state index is 12.7. The van der Waals surface area contributed by atoms with Crippen molar-refractivity contribution in [2.24, 2.45) is 0 Å². The zero-order valence-corrected chi connectivity index (χ0v) is 5.30. The fourth-order valence-corrected chi connectivity index (χ4v) is 0.888. The van der Waals surface area contributed by atoms with Crippen LogP contribution in [0.1, 0.15) is 5.56 Å². The molecule has 2 rings (SSSR count). The summed E-state index contributed by atoms with van der Waals surface area (Å²) in [6, 6.07) is 3.97. The van der Waals surface area contributed by atoms with E-state index < -0.39 is 12.2 Å². The summed E-state index contributed by atoms with van der Waals surface area (Å²) >= 11 is 0. The van der Waals surface area contributed by atoms with Crippen LogP contribution >= 0.6 is 0 Å². The third-order valence-corrected chi connectivity index (χ3v) is 1.38. The van der Waals surface area contributed by atoms with Crippen molar-refractivity contribution in [3.8, 4) is 5.75 Å². The molecule has 1 heterocycles. The zero-order valence-electron chi connectivity index (χ0n) is 5.30. The fraction of sp³-hybridized carbons (Fsp3) is 0. The largest absolute Gasteiger partial charge is 0.349 e. The van der Waals surface area contributed by atoms with Crippen LogP contribution in [0, 0.1) is 12.2 Å². The summed E-state index contributed by atoms with van der Waals surface area (Å²) in [4.78, 5) is 8.35. The Morgan fingerprint density at radius 3 is 2.64 bits per heavy atom. The summed E-state index contributed by atoms with van der Waals surface area (Å²) in [6.07, 6.45) is -1.03. The predicted molar refractivity (Wildman–Crippen MR) is 31.6 cm³/mol. The second-order valence-corrected chi connectivity index (χ2v) is 2.05. The Hall–Kier alpha value is -1.16. The van der Waals surface area contributed by atoms with Crippen LogP contribution in [-0.2, 0) is 4.89 Å². The van der Waals surface area contributed by atoms with Crippen LogP contribution in [-0.4, -0.2) is 0 Å². The molecular formula is C7H3F2O2. The van der Waals surface area contributed by atoms with Crippen LogP contribution in [0.5, 0.6) is 5.75 Å². The molecule has 0 saturated carbocycles. The predicted octanol–water partition coefficient (Wildman–Crippen LogP) is 1.96. The van der Waals surface area contributed by atoms with E-state index in [4.69, 9.17) is 0 Å². The summed E-state index contributed by atoms with van der Waals surface area (Å²) in [7, 11) is 0. The monoisotopic (exact) mass is 157 g/mol. The minimum atomic E-state index is -1.03.